The van der Waals surface area contributed by atoms with Gasteiger partial charge in [0.1, 0.15) is 18.9 Å². The molecule has 0 saturated heterocycles. The summed E-state index contributed by atoms with van der Waals surface area (Å²) in [4.78, 5) is 12.6. The largest absolute Gasteiger partial charge is 0.368 e. The van der Waals surface area contributed by atoms with E-state index in [1.54, 1.807) is 12.1 Å². The fraction of sp³-hybridized carbons (Fsp3) is 0.250. The highest BCUT2D eigenvalue weighted by Crippen LogP contribution is 2.17. The Morgan fingerprint density at radius 3 is 2.40 bits per heavy atom. The van der Waals surface area contributed by atoms with Crippen LogP contribution in [0.15, 0.2) is 18.2 Å². The average molecular weight is 298 g/mol. The van der Waals surface area contributed by atoms with Gasteiger partial charge in [-0.15, -0.1) is 0 Å². The molecule has 1 aromatic carbocycles. The lowest BCUT2D eigenvalue weighted by atomic mass is 10.2. The first-order valence-electron chi connectivity index (χ1n) is 5.96. The van der Waals surface area contributed by atoms with Crippen molar-refractivity contribution in [1.82, 2.24) is 15.0 Å². The van der Waals surface area contributed by atoms with Crippen LogP contribution in [-0.2, 0) is 13.1 Å². The predicted octanol–water partition coefficient (Wildman–Crippen LogP) is 0.0434. The molecule has 0 aliphatic heterocycles. The minimum atomic E-state index is -0.327. The third kappa shape index (κ3) is 3.52. The minimum absolute atomic E-state index is 0.0734. The Morgan fingerprint density at radius 1 is 1.15 bits per heavy atom. The molecule has 6 nitrogen and oxygen atoms in total. The van der Waals surface area contributed by atoms with E-state index < -0.39 is 0 Å². The number of aromatic nitrogens is 3. The van der Waals surface area contributed by atoms with Crippen LogP contribution in [0.2, 0.25) is 5.02 Å². The van der Waals surface area contributed by atoms with Gasteiger partial charge in [-0.25, -0.2) is 4.39 Å². The smallest absolute Gasteiger partial charge is 0.225 e. The van der Waals surface area contributed by atoms with Crippen molar-refractivity contribution in [2.75, 3.05) is 18.5 Å². The van der Waals surface area contributed by atoms with Gasteiger partial charge in [0.25, 0.3) is 0 Å². The fourth-order valence-electron chi connectivity index (χ4n) is 1.87. The first-order valence-corrected chi connectivity index (χ1v) is 6.33. The van der Waals surface area contributed by atoms with E-state index in [0.717, 1.165) is 4.90 Å². The van der Waals surface area contributed by atoms with Crippen LogP contribution in [0.1, 0.15) is 11.4 Å². The second kappa shape index (κ2) is 5.98. The van der Waals surface area contributed by atoms with Gasteiger partial charge in [0.05, 0.1) is 17.6 Å². The molecule has 1 heterocycles. The number of halogens is 2. The number of nitrogens with zero attached hydrogens (tertiary/aromatic N) is 3. The molecule has 0 fully saturated rings. The zero-order valence-electron chi connectivity index (χ0n) is 10.9. The van der Waals surface area contributed by atoms with Gasteiger partial charge in [-0.1, -0.05) is 17.7 Å². The zero-order chi connectivity index (χ0) is 14.7. The van der Waals surface area contributed by atoms with Crippen molar-refractivity contribution in [2.24, 2.45) is 0 Å². The van der Waals surface area contributed by atoms with Crippen LogP contribution >= 0.6 is 11.6 Å². The van der Waals surface area contributed by atoms with E-state index in [1.165, 1.54) is 6.07 Å². The first kappa shape index (κ1) is 14.4. The van der Waals surface area contributed by atoms with Crippen LogP contribution in [0.5, 0.6) is 0 Å². The van der Waals surface area contributed by atoms with Gasteiger partial charge in [0, 0.05) is 0 Å². The molecule has 0 aliphatic carbocycles. The molecule has 0 bridgehead atoms. The summed E-state index contributed by atoms with van der Waals surface area (Å²) in [6.45, 7) is 0.832. The van der Waals surface area contributed by atoms with Gasteiger partial charge in [-0.2, -0.15) is 15.0 Å². The minimum Gasteiger partial charge on any atom is -0.368 e. The van der Waals surface area contributed by atoms with E-state index in [0.29, 0.717) is 29.5 Å². The van der Waals surface area contributed by atoms with Crippen molar-refractivity contribution in [2.45, 2.75) is 13.1 Å². The van der Waals surface area contributed by atoms with Crippen molar-refractivity contribution in [3.8, 4) is 0 Å². The van der Waals surface area contributed by atoms with Crippen LogP contribution in [0.25, 0.3) is 0 Å². The molecule has 0 saturated carbocycles. The molecule has 1 unspecified atom stereocenters. The third-order valence-corrected chi connectivity index (χ3v) is 3.07. The number of nitrogens with one attached hydrogen (secondary N) is 1. The highest BCUT2D eigenvalue weighted by atomic mass is 35.5. The Morgan fingerprint density at radius 2 is 1.80 bits per heavy atom. The van der Waals surface area contributed by atoms with E-state index in [-0.39, 0.29) is 17.7 Å². The number of quaternary nitrogens is 1. The summed E-state index contributed by atoms with van der Waals surface area (Å²) in [6.07, 6.45) is 0. The van der Waals surface area contributed by atoms with E-state index in [2.05, 4.69) is 15.0 Å². The lowest BCUT2D eigenvalue weighted by Gasteiger charge is -2.14. The maximum atomic E-state index is 13.7. The molecular formula is C12H15ClFN6+. The van der Waals surface area contributed by atoms with Gasteiger partial charge in [0.15, 0.2) is 5.82 Å². The normalized spacial score (nSPS) is 12.3. The van der Waals surface area contributed by atoms with Crippen molar-refractivity contribution >= 4 is 23.5 Å². The Hall–Kier alpha value is -1.99. The van der Waals surface area contributed by atoms with Crippen LogP contribution in [0.4, 0.5) is 16.3 Å². The molecule has 1 aromatic heterocycles. The van der Waals surface area contributed by atoms with Crippen LogP contribution < -0.4 is 16.4 Å². The molecule has 2 rings (SSSR count). The number of nitrogen functional groups attached to an aromatic ring is 2. The third-order valence-electron chi connectivity index (χ3n) is 2.72. The molecule has 0 spiro atoms. The Kier molecular flexibility index (Phi) is 4.31. The number of anilines is 2. The van der Waals surface area contributed by atoms with Gasteiger partial charge >= 0.3 is 0 Å². The second-order valence-electron chi connectivity index (χ2n) is 4.48. The maximum absolute atomic E-state index is 13.7. The van der Waals surface area contributed by atoms with Crippen LogP contribution in [0.3, 0.4) is 0 Å². The number of hydrogen-bond donors (Lipinski definition) is 3. The molecule has 20 heavy (non-hydrogen) atoms. The Bertz CT molecular complexity index is 580. The molecule has 5 N–H and O–H groups in total. The van der Waals surface area contributed by atoms with E-state index in [9.17, 15) is 4.39 Å². The number of benzene rings is 1. The number of nitrogens with two attached hydrogens (primary N) is 2. The second-order valence-corrected chi connectivity index (χ2v) is 4.89. The summed E-state index contributed by atoms with van der Waals surface area (Å²) >= 11 is 5.99. The Labute approximate surface area is 120 Å². The van der Waals surface area contributed by atoms with E-state index >= 15 is 0 Å². The van der Waals surface area contributed by atoms with Crippen molar-refractivity contribution in [1.29, 1.82) is 0 Å². The Balaban J connectivity index is 2.11. The fourth-order valence-corrected chi connectivity index (χ4v) is 2.10. The van der Waals surface area contributed by atoms with Gasteiger partial charge in [0.2, 0.25) is 11.9 Å². The zero-order valence-corrected chi connectivity index (χ0v) is 11.7. The van der Waals surface area contributed by atoms with E-state index in [1.807, 2.05) is 7.05 Å². The number of rotatable bonds is 4. The molecule has 0 amide bonds. The quantitative estimate of drug-likeness (QED) is 0.741. The van der Waals surface area contributed by atoms with Crippen molar-refractivity contribution in [3.63, 3.8) is 0 Å². The summed E-state index contributed by atoms with van der Waals surface area (Å²) in [6, 6.07) is 4.61. The highest BCUT2D eigenvalue weighted by molar-refractivity contribution is 6.31. The van der Waals surface area contributed by atoms with Crippen molar-refractivity contribution in [3.05, 3.63) is 40.4 Å². The van der Waals surface area contributed by atoms with Crippen LogP contribution in [0, 0.1) is 5.82 Å². The molecule has 106 valence electrons. The summed E-state index contributed by atoms with van der Waals surface area (Å²) in [5.74, 6) is 0.278. The first-order chi connectivity index (χ1) is 9.45. The van der Waals surface area contributed by atoms with Crippen LogP contribution in [-0.4, -0.2) is 22.0 Å². The van der Waals surface area contributed by atoms with Gasteiger partial charge < -0.3 is 16.4 Å². The molecule has 0 aliphatic rings. The predicted molar refractivity (Wildman–Crippen MR) is 74.4 cm³/mol. The van der Waals surface area contributed by atoms with E-state index in [4.69, 9.17) is 23.1 Å². The van der Waals surface area contributed by atoms with Crippen molar-refractivity contribution < 1.29 is 9.29 Å². The molecular weight excluding hydrogens is 283 g/mol. The van der Waals surface area contributed by atoms with Gasteiger partial charge in [-0.3, -0.25) is 0 Å². The highest BCUT2D eigenvalue weighted by Gasteiger charge is 2.14. The molecule has 8 heteroatoms. The molecule has 0 radical (unpaired) electrons. The summed E-state index contributed by atoms with van der Waals surface area (Å²) in [5, 5.41) is 0.402. The summed E-state index contributed by atoms with van der Waals surface area (Å²) in [7, 11) is 1.87. The SMILES string of the molecule is C[NH+](Cc1nc(N)nc(N)n1)Cc1c(F)cccc1Cl. The lowest BCUT2D eigenvalue weighted by Crippen LogP contribution is -3.06. The summed E-state index contributed by atoms with van der Waals surface area (Å²) < 4.78 is 13.7. The van der Waals surface area contributed by atoms with Gasteiger partial charge in [-0.05, 0) is 12.1 Å². The topological polar surface area (TPSA) is 95.2 Å². The monoisotopic (exact) mass is 297 g/mol. The molecule has 2 aromatic rings. The standard InChI is InChI=1S/C12H14ClFN6/c1-20(5-7-8(13)3-2-4-9(7)14)6-10-17-11(15)19-12(16)18-10/h2-4H,5-6H2,1H3,(H4,15,16,17,18,19)/p+1. The average Bonchev–Trinajstić information content (AvgIpc) is 2.32. The maximum Gasteiger partial charge on any atom is 0.225 e. The number of hydrogen-bond acceptors (Lipinski definition) is 5. The molecule has 1 atom stereocenters. The summed E-state index contributed by atoms with van der Waals surface area (Å²) in [5.41, 5.74) is 11.5. The lowest BCUT2D eigenvalue weighted by molar-refractivity contribution is -0.908.